The summed E-state index contributed by atoms with van der Waals surface area (Å²) in [5, 5.41) is 0.778. The first-order valence-electron chi connectivity index (χ1n) is 4.68. The zero-order chi connectivity index (χ0) is 10.3. The summed E-state index contributed by atoms with van der Waals surface area (Å²) in [6.45, 7) is 6.81. The molecular weight excluding hydrogens is 261 g/mol. The molecule has 1 aliphatic heterocycles. The minimum absolute atomic E-state index is 0.457. The molecule has 1 saturated heterocycles. The van der Waals surface area contributed by atoms with E-state index in [9.17, 15) is 0 Å². The van der Waals surface area contributed by atoms with E-state index in [0.717, 1.165) is 22.6 Å². The number of rotatable bonds is 1. The van der Waals surface area contributed by atoms with E-state index in [4.69, 9.17) is 11.6 Å². The summed E-state index contributed by atoms with van der Waals surface area (Å²) < 4.78 is 1.08. The third-order valence-electron chi connectivity index (χ3n) is 2.49. The molecule has 1 nitrogen and oxygen atoms in total. The zero-order valence-electron chi connectivity index (χ0n) is 8.35. The Morgan fingerprint density at radius 1 is 1.36 bits per heavy atom. The highest BCUT2D eigenvalue weighted by molar-refractivity contribution is 9.10. The second-order valence-electron chi connectivity index (χ2n) is 4.62. The van der Waals surface area contributed by atoms with Crippen LogP contribution in [0.5, 0.6) is 0 Å². The molecule has 1 heterocycles. The molecule has 0 amide bonds. The lowest BCUT2D eigenvalue weighted by Gasteiger charge is -2.47. The van der Waals surface area contributed by atoms with E-state index in [1.54, 1.807) is 0 Å². The molecule has 3 heteroatoms. The maximum atomic E-state index is 5.89. The lowest BCUT2D eigenvalue weighted by molar-refractivity contribution is 0.276. The maximum absolute atomic E-state index is 5.89. The van der Waals surface area contributed by atoms with Crippen molar-refractivity contribution < 1.29 is 0 Å². The average molecular weight is 275 g/mol. The SMILES string of the molecule is CC1(C)CN(c2ccc(Cl)cc2Br)C1. The second kappa shape index (κ2) is 3.42. The molecule has 14 heavy (non-hydrogen) atoms. The van der Waals surface area contributed by atoms with Crippen molar-refractivity contribution in [1.82, 2.24) is 0 Å². The fourth-order valence-corrected chi connectivity index (χ4v) is 2.83. The van der Waals surface area contributed by atoms with Gasteiger partial charge in [0.2, 0.25) is 0 Å². The van der Waals surface area contributed by atoms with Crippen molar-refractivity contribution >= 4 is 33.2 Å². The van der Waals surface area contributed by atoms with Crippen molar-refractivity contribution in [2.75, 3.05) is 18.0 Å². The highest BCUT2D eigenvalue weighted by Crippen LogP contribution is 2.38. The molecule has 1 aliphatic rings. The van der Waals surface area contributed by atoms with Crippen molar-refractivity contribution in [2.24, 2.45) is 5.41 Å². The molecule has 2 rings (SSSR count). The van der Waals surface area contributed by atoms with E-state index in [0.29, 0.717) is 5.41 Å². The quantitative estimate of drug-likeness (QED) is 0.749. The number of anilines is 1. The van der Waals surface area contributed by atoms with E-state index < -0.39 is 0 Å². The Morgan fingerprint density at radius 3 is 2.50 bits per heavy atom. The summed E-state index contributed by atoms with van der Waals surface area (Å²) in [4.78, 5) is 2.36. The second-order valence-corrected chi connectivity index (χ2v) is 5.91. The Labute approximate surface area is 98.2 Å². The van der Waals surface area contributed by atoms with Crippen LogP contribution >= 0.6 is 27.5 Å². The topological polar surface area (TPSA) is 3.24 Å². The van der Waals surface area contributed by atoms with Gasteiger partial charge < -0.3 is 4.90 Å². The summed E-state index contributed by atoms with van der Waals surface area (Å²) in [5.74, 6) is 0. The first kappa shape index (κ1) is 10.3. The molecule has 0 aromatic heterocycles. The number of hydrogen-bond donors (Lipinski definition) is 0. The number of nitrogens with zero attached hydrogens (tertiary/aromatic N) is 1. The van der Waals surface area contributed by atoms with Gasteiger partial charge in [0.15, 0.2) is 0 Å². The highest BCUT2D eigenvalue weighted by atomic mass is 79.9. The van der Waals surface area contributed by atoms with Gasteiger partial charge in [-0.15, -0.1) is 0 Å². The van der Waals surface area contributed by atoms with E-state index in [2.05, 4.69) is 40.7 Å². The summed E-state index contributed by atoms with van der Waals surface area (Å²) in [6.07, 6.45) is 0. The molecule has 76 valence electrons. The minimum atomic E-state index is 0.457. The van der Waals surface area contributed by atoms with Crippen LogP contribution in [0.4, 0.5) is 5.69 Å². The monoisotopic (exact) mass is 273 g/mol. The third kappa shape index (κ3) is 1.91. The molecule has 1 aromatic rings. The third-order valence-corrected chi connectivity index (χ3v) is 3.36. The Hall–Kier alpha value is -0.210. The Morgan fingerprint density at radius 2 is 2.00 bits per heavy atom. The van der Waals surface area contributed by atoms with Crippen LogP contribution in [0.2, 0.25) is 5.02 Å². The van der Waals surface area contributed by atoms with Crippen LogP contribution in [0.25, 0.3) is 0 Å². The van der Waals surface area contributed by atoms with Crippen molar-refractivity contribution in [3.05, 3.63) is 27.7 Å². The molecule has 0 bridgehead atoms. The number of hydrogen-bond acceptors (Lipinski definition) is 1. The van der Waals surface area contributed by atoms with Crippen LogP contribution in [0.3, 0.4) is 0 Å². The van der Waals surface area contributed by atoms with Crippen molar-refractivity contribution in [3.63, 3.8) is 0 Å². The van der Waals surface area contributed by atoms with Crippen molar-refractivity contribution in [2.45, 2.75) is 13.8 Å². The van der Waals surface area contributed by atoms with Gasteiger partial charge in [-0.1, -0.05) is 25.4 Å². The molecular formula is C11H13BrClN. The van der Waals surface area contributed by atoms with Crippen molar-refractivity contribution in [1.29, 1.82) is 0 Å². The Balaban J connectivity index is 2.19. The first-order valence-corrected chi connectivity index (χ1v) is 5.85. The Kier molecular flexibility index (Phi) is 2.52. The van der Waals surface area contributed by atoms with Crippen LogP contribution in [0.15, 0.2) is 22.7 Å². The Bertz CT molecular complexity index is 354. The lowest BCUT2D eigenvalue weighted by atomic mass is 9.84. The van der Waals surface area contributed by atoms with Gasteiger partial charge in [-0.05, 0) is 39.5 Å². The molecule has 1 aromatic carbocycles. The normalized spacial score (nSPS) is 19.3. The minimum Gasteiger partial charge on any atom is -0.369 e. The zero-order valence-corrected chi connectivity index (χ0v) is 10.7. The van der Waals surface area contributed by atoms with Gasteiger partial charge in [-0.3, -0.25) is 0 Å². The van der Waals surface area contributed by atoms with Gasteiger partial charge in [-0.2, -0.15) is 0 Å². The van der Waals surface area contributed by atoms with Crippen LogP contribution in [-0.2, 0) is 0 Å². The fraction of sp³-hybridized carbons (Fsp3) is 0.455. The summed E-state index contributed by atoms with van der Waals surface area (Å²) >= 11 is 9.42. The molecule has 0 atom stereocenters. The molecule has 1 fully saturated rings. The highest BCUT2D eigenvalue weighted by Gasteiger charge is 2.34. The van der Waals surface area contributed by atoms with Gasteiger partial charge >= 0.3 is 0 Å². The van der Waals surface area contributed by atoms with Gasteiger partial charge in [0, 0.05) is 22.6 Å². The number of benzene rings is 1. The van der Waals surface area contributed by atoms with Gasteiger partial charge in [0.25, 0.3) is 0 Å². The predicted molar refractivity (Wildman–Crippen MR) is 65.1 cm³/mol. The van der Waals surface area contributed by atoms with E-state index in [-0.39, 0.29) is 0 Å². The molecule has 0 saturated carbocycles. The van der Waals surface area contributed by atoms with Crippen LogP contribution in [-0.4, -0.2) is 13.1 Å². The van der Waals surface area contributed by atoms with E-state index in [1.807, 2.05) is 12.1 Å². The van der Waals surface area contributed by atoms with Gasteiger partial charge in [-0.25, -0.2) is 0 Å². The standard InChI is InChI=1S/C11H13BrClN/c1-11(2)6-14(7-11)10-4-3-8(13)5-9(10)12/h3-5H,6-7H2,1-2H3. The molecule has 0 N–H and O–H groups in total. The van der Waals surface area contributed by atoms with Crippen LogP contribution < -0.4 is 4.90 Å². The molecule has 0 aliphatic carbocycles. The smallest absolute Gasteiger partial charge is 0.0512 e. The van der Waals surface area contributed by atoms with Crippen molar-refractivity contribution in [3.8, 4) is 0 Å². The summed E-state index contributed by atoms with van der Waals surface area (Å²) in [6, 6.07) is 5.96. The largest absolute Gasteiger partial charge is 0.369 e. The predicted octanol–water partition coefficient (Wildman–Crippen LogP) is 3.95. The maximum Gasteiger partial charge on any atom is 0.0512 e. The fourth-order valence-electron chi connectivity index (χ4n) is 1.90. The van der Waals surface area contributed by atoms with Gasteiger partial charge in [0.1, 0.15) is 0 Å². The molecule has 0 spiro atoms. The first-order chi connectivity index (χ1) is 6.48. The molecule has 0 radical (unpaired) electrons. The molecule has 0 unspecified atom stereocenters. The lowest BCUT2D eigenvalue weighted by Crippen LogP contribution is -2.53. The van der Waals surface area contributed by atoms with Gasteiger partial charge in [0.05, 0.1) is 5.69 Å². The van der Waals surface area contributed by atoms with Crippen LogP contribution in [0, 0.1) is 5.41 Å². The average Bonchev–Trinajstić information content (AvgIpc) is 2.00. The van der Waals surface area contributed by atoms with E-state index >= 15 is 0 Å². The summed E-state index contributed by atoms with van der Waals surface area (Å²) in [7, 11) is 0. The van der Waals surface area contributed by atoms with Crippen LogP contribution in [0.1, 0.15) is 13.8 Å². The van der Waals surface area contributed by atoms with E-state index in [1.165, 1.54) is 5.69 Å². The number of halogens is 2. The summed E-state index contributed by atoms with van der Waals surface area (Å²) in [5.41, 5.74) is 1.70.